The van der Waals surface area contributed by atoms with Gasteiger partial charge in [0.1, 0.15) is 6.61 Å². The van der Waals surface area contributed by atoms with E-state index in [1.54, 1.807) is 11.3 Å². The van der Waals surface area contributed by atoms with Crippen LogP contribution in [-0.2, 0) is 22.2 Å². The Morgan fingerprint density at radius 1 is 1.04 bits per heavy atom. The normalized spacial score (nSPS) is 12.3. The number of ether oxygens (including phenoxy) is 1. The summed E-state index contributed by atoms with van der Waals surface area (Å²) >= 11 is 1.61. The summed E-state index contributed by atoms with van der Waals surface area (Å²) in [5.74, 6) is -0.342. The zero-order valence-electron chi connectivity index (χ0n) is 14.8. The molecule has 0 atom stereocenters. The van der Waals surface area contributed by atoms with Crippen molar-refractivity contribution in [1.29, 1.82) is 0 Å². The highest BCUT2D eigenvalue weighted by Crippen LogP contribution is 2.36. The Bertz CT molecular complexity index is 676. The summed E-state index contributed by atoms with van der Waals surface area (Å²) in [5.41, 5.74) is 1.22. The summed E-state index contributed by atoms with van der Waals surface area (Å²) in [5, 5.41) is 0.967. The van der Waals surface area contributed by atoms with Crippen molar-refractivity contribution in [1.82, 2.24) is 4.98 Å². The maximum atomic E-state index is 12.5. The minimum atomic E-state index is -0.342. The van der Waals surface area contributed by atoms with Gasteiger partial charge in [-0.05, 0) is 11.0 Å². The minimum Gasteiger partial charge on any atom is -0.456 e. The van der Waals surface area contributed by atoms with E-state index < -0.39 is 0 Å². The van der Waals surface area contributed by atoms with Gasteiger partial charge in [0.25, 0.3) is 0 Å². The molecule has 1 aromatic carbocycles. The number of nitrogens with zero attached hydrogens (tertiary/aromatic N) is 1. The zero-order chi connectivity index (χ0) is 17.3. The van der Waals surface area contributed by atoms with Gasteiger partial charge in [-0.25, -0.2) is 9.78 Å². The van der Waals surface area contributed by atoms with E-state index in [0.717, 1.165) is 15.4 Å². The molecule has 0 amide bonds. The first-order chi connectivity index (χ1) is 10.6. The van der Waals surface area contributed by atoms with Gasteiger partial charge in [0, 0.05) is 10.3 Å². The van der Waals surface area contributed by atoms with Crippen molar-refractivity contribution >= 4 is 17.3 Å². The lowest BCUT2D eigenvalue weighted by atomic mass is 9.93. The number of rotatable bonds is 3. The van der Waals surface area contributed by atoms with Crippen LogP contribution >= 0.6 is 11.3 Å². The van der Waals surface area contributed by atoms with E-state index in [2.05, 4.69) is 46.5 Å². The van der Waals surface area contributed by atoms with E-state index in [-0.39, 0.29) is 23.4 Å². The predicted octanol–water partition coefficient (Wildman–Crippen LogP) is 5.10. The highest BCUT2D eigenvalue weighted by Gasteiger charge is 2.31. The van der Waals surface area contributed by atoms with Crippen LogP contribution in [0.1, 0.15) is 67.5 Å². The standard InChI is InChI=1S/C19H25NO2S/c1-18(2,3)15-14(20-17(23-15)19(4,5)6)16(21)22-12-13-10-8-7-9-11-13/h7-11H,12H2,1-6H3. The van der Waals surface area contributed by atoms with Crippen LogP contribution in [0.5, 0.6) is 0 Å². The van der Waals surface area contributed by atoms with Gasteiger partial charge >= 0.3 is 5.97 Å². The van der Waals surface area contributed by atoms with Gasteiger partial charge < -0.3 is 4.74 Å². The molecule has 4 heteroatoms. The molecular formula is C19H25NO2S. The highest BCUT2D eigenvalue weighted by molar-refractivity contribution is 7.12. The highest BCUT2D eigenvalue weighted by atomic mass is 32.1. The Hall–Kier alpha value is -1.68. The van der Waals surface area contributed by atoms with Crippen molar-refractivity contribution < 1.29 is 9.53 Å². The van der Waals surface area contributed by atoms with Gasteiger partial charge in [-0.15, -0.1) is 11.3 Å². The number of benzene rings is 1. The van der Waals surface area contributed by atoms with Gasteiger partial charge in [0.15, 0.2) is 5.69 Å². The molecule has 1 heterocycles. The Balaban J connectivity index is 2.26. The lowest BCUT2D eigenvalue weighted by molar-refractivity contribution is 0.0463. The molecule has 2 rings (SSSR count). The summed E-state index contributed by atoms with van der Waals surface area (Å²) in [6.45, 7) is 12.9. The van der Waals surface area contributed by atoms with Crippen LogP contribution in [0.4, 0.5) is 0 Å². The fourth-order valence-corrected chi connectivity index (χ4v) is 3.25. The second-order valence-electron chi connectivity index (χ2n) is 7.76. The Morgan fingerprint density at radius 2 is 1.65 bits per heavy atom. The molecule has 0 unspecified atom stereocenters. The summed E-state index contributed by atoms with van der Waals surface area (Å²) < 4.78 is 5.48. The lowest BCUT2D eigenvalue weighted by Gasteiger charge is -2.17. The molecule has 0 N–H and O–H groups in total. The van der Waals surface area contributed by atoms with Crippen molar-refractivity contribution in [2.45, 2.75) is 59.0 Å². The first-order valence-electron chi connectivity index (χ1n) is 7.82. The number of hydrogen-bond acceptors (Lipinski definition) is 4. The number of aromatic nitrogens is 1. The molecule has 0 aliphatic carbocycles. The summed E-state index contributed by atoms with van der Waals surface area (Å²) in [6, 6.07) is 9.70. The van der Waals surface area contributed by atoms with Crippen molar-refractivity contribution in [3.8, 4) is 0 Å². The molecule has 0 aliphatic rings. The summed E-state index contributed by atoms with van der Waals surface area (Å²) in [6.07, 6.45) is 0. The lowest BCUT2D eigenvalue weighted by Crippen LogP contribution is -2.16. The molecule has 1 aromatic heterocycles. The molecule has 3 nitrogen and oxygen atoms in total. The molecule has 0 spiro atoms. The van der Waals surface area contributed by atoms with Crippen LogP contribution in [0.3, 0.4) is 0 Å². The minimum absolute atomic E-state index is 0.0807. The Labute approximate surface area is 142 Å². The maximum Gasteiger partial charge on any atom is 0.358 e. The first-order valence-corrected chi connectivity index (χ1v) is 8.63. The molecule has 0 saturated heterocycles. The number of esters is 1. The van der Waals surface area contributed by atoms with Crippen LogP contribution < -0.4 is 0 Å². The smallest absolute Gasteiger partial charge is 0.358 e. The molecular weight excluding hydrogens is 306 g/mol. The fourth-order valence-electron chi connectivity index (χ4n) is 2.08. The molecule has 124 valence electrons. The number of carbonyl (C=O) groups excluding carboxylic acids is 1. The Kier molecular flexibility index (Phi) is 4.95. The van der Waals surface area contributed by atoms with Gasteiger partial charge in [-0.2, -0.15) is 0 Å². The van der Waals surface area contributed by atoms with E-state index in [4.69, 9.17) is 4.74 Å². The van der Waals surface area contributed by atoms with E-state index >= 15 is 0 Å². The second-order valence-corrected chi connectivity index (χ2v) is 8.76. The molecule has 0 radical (unpaired) electrons. The van der Waals surface area contributed by atoms with E-state index in [1.165, 1.54) is 0 Å². The second kappa shape index (κ2) is 6.44. The average molecular weight is 331 g/mol. The van der Waals surface area contributed by atoms with Crippen molar-refractivity contribution in [3.05, 3.63) is 51.5 Å². The maximum absolute atomic E-state index is 12.5. The van der Waals surface area contributed by atoms with Crippen molar-refractivity contribution in [3.63, 3.8) is 0 Å². The van der Waals surface area contributed by atoms with Gasteiger partial charge in [0.2, 0.25) is 0 Å². The molecule has 0 fully saturated rings. The molecule has 23 heavy (non-hydrogen) atoms. The van der Waals surface area contributed by atoms with Crippen LogP contribution in [0.2, 0.25) is 0 Å². The molecule has 2 aromatic rings. The van der Waals surface area contributed by atoms with Crippen molar-refractivity contribution in [2.75, 3.05) is 0 Å². The third-order valence-corrected chi connectivity index (χ3v) is 5.26. The number of carbonyl (C=O) groups is 1. The van der Waals surface area contributed by atoms with Crippen LogP contribution in [0.25, 0.3) is 0 Å². The summed E-state index contributed by atoms with van der Waals surface area (Å²) in [7, 11) is 0. The van der Waals surface area contributed by atoms with Crippen LogP contribution in [0.15, 0.2) is 30.3 Å². The van der Waals surface area contributed by atoms with Gasteiger partial charge in [-0.1, -0.05) is 71.9 Å². The van der Waals surface area contributed by atoms with Crippen LogP contribution in [0, 0.1) is 0 Å². The van der Waals surface area contributed by atoms with Crippen LogP contribution in [-0.4, -0.2) is 11.0 Å². The third kappa shape index (κ3) is 4.41. The molecule has 0 aliphatic heterocycles. The molecule has 0 bridgehead atoms. The zero-order valence-corrected chi connectivity index (χ0v) is 15.6. The number of hydrogen-bond donors (Lipinski definition) is 0. The van der Waals surface area contributed by atoms with E-state index in [0.29, 0.717) is 5.69 Å². The average Bonchev–Trinajstić information content (AvgIpc) is 2.91. The quantitative estimate of drug-likeness (QED) is 0.735. The van der Waals surface area contributed by atoms with Gasteiger partial charge in [-0.3, -0.25) is 0 Å². The largest absolute Gasteiger partial charge is 0.456 e. The number of thiazole rings is 1. The monoisotopic (exact) mass is 331 g/mol. The van der Waals surface area contributed by atoms with E-state index in [9.17, 15) is 4.79 Å². The van der Waals surface area contributed by atoms with Gasteiger partial charge in [0.05, 0.1) is 5.01 Å². The Morgan fingerprint density at radius 3 is 2.17 bits per heavy atom. The fraction of sp³-hybridized carbons (Fsp3) is 0.474. The van der Waals surface area contributed by atoms with Crippen molar-refractivity contribution in [2.24, 2.45) is 0 Å². The summed E-state index contributed by atoms with van der Waals surface area (Å²) in [4.78, 5) is 18.1. The van der Waals surface area contributed by atoms with E-state index in [1.807, 2.05) is 30.3 Å². The third-order valence-electron chi connectivity index (χ3n) is 3.36. The predicted molar refractivity (Wildman–Crippen MR) is 95.1 cm³/mol. The topological polar surface area (TPSA) is 39.2 Å². The first kappa shape index (κ1) is 17.7. The SMILES string of the molecule is CC(C)(C)c1nc(C(=O)OCc2ccccc2)c(C(C)(C)C)s1. The molecule has 0 saturated carbocycles.